The number of imidazole rings is 1. The number of nitrogens with zero attached hydrogens (tertiary/aromatic N) is 3. The average molecular weight is 1830 g/mol. The normalized spacial score (nSPS) is 12.9. The lowest BCUT2D eigenvalue weighted by Gasteiger charge is -2.15. The maximum Gasteiger partial charge on any atom is 0.247 e. The standard InChI is InChI=1S/C16H21Br3N2O2S.C9H6Br3NO2S2.C7H4Br3ClO2S.C7H5Br3O2S/c1-2-3-4-5-6-9-12-21-14-11-8-7-10-13(14)20-15(21)24(22,23)16(17,18)19;1-5-2-3-7-6(4-5)13-8(16-7)17(14,15)9(10,11)12;8-7(9,10)14(12,13)6-3-1-5(11)2-4-6;8-7(9,10)13(11,12)6-4-2-1-3-5-6/h7-8,10-11H,2-6,9,12H2,1H3;2-4H,1H3;1-4H;1-5H. The number of alkyl halides is 12. The molecule has 0 bridgehead atoms. The first-order valence-corrected chi connectivity index (χ1v) is 35.6. The molecule has 2 heterocycles. The van der Waals surface area contributed by atoms with Crippen LogP contribution in [0.25, 0.3) is 21.3 Å². The van der Waals surface area contributed by atoms with E-state index >= 15 is 0 Å². The number of para-hydroxylation sites is 2. The molecule has 0 amide bonds. The minimum atomic E-state index is -3.72. The van der Waals surface area contributed by atoms with Crippen LogP contribution in [0.3, 0.4) is 0 Å². The molecule has 0 unspecified atom stereocenters. The lowest BCUT2D eigenvalue weighted by molar-refractivity contribution is 0.529. The van der Waals surface area contributed by atoms with Gasteiger partial charge < -0.3 is 4.57 Å². The van der Waals surface area contributed by atoms with Crippen molar-refractivity contribution in [2.75, 3.05) is 0 Å². The zero-order chi connectivity index (χ0) is 51.7. The summed E-state index contributed by atoms with van der Waals surface area (Å²) in [6, 6.07) is 27.3. The van der Waals surface area contributed by atoms with Crippen LogP contribution in [0, 0.1) is 6.92 Å². The predicted molar refractivity (Wildman–Crippen MR) is 322 cm³/mol. The number of hydrogen-bond acceptors (Lipinski definition) is 11. The minimum absolute atomic E-state index is 0.0721. The number of hydrogen-bond donors (Lipinski definition) is 0. The highest BCUT2D eigenvalue weighted by Gasteiger charge is 2.42. The summed E-state index contributed by atoms with van der Waals surface area (Å²) in [5, 5.41) is 0.566. The third-order valence-electron chi connectivity index (χ3n) is 8.74. The van der Waals surface area contributed by atoms with Crippen molar-refractivity contribution in [1.29, 1.82) is 0 Å². The van der Waals surface area contributed by atoms with Crippen LogP contribution in [0.2, 0.25) is 5.02 Å². The summed E-state index contributed by atoms with van der Waals surface area (Å²) in [6.07, 6.45) is 6.92. The van der Waals surface area contributed by atoms with Crippen LogP contribution >= 0.6 is 214 Å². The van der Waals surface area contributed by atoms with E-state index in [1.54, 1.807) is 18.2 Å². The number of sulfone groups is 4. The van der Waals surface area contributed by atoms with Gasteiger partial charge in [0.05, 0.1) is 31.0 Å². The van der Waals surface area contributed by atoms with Crippen LogP contribution in [0.4, 0.5) is 0 Å². The van der Waals surface area contributed by atoms with E-state index in [4.69, 9.17) is 11.6 Å². The van der Waals surface area contributed by atoms with Gasteiger partial charge in [-0.05, 0) is 271 Å². The smallest absolute Gasteiger partial charge is 0.247 e. The van der Waals surface area contributed by atoms with Gasteiger partial charge in [0.1, 0.15) is 0 Å². The molecule has 0 atom stereocenters. The quantitative estimate of drug-likeness (QED) is 0.0899. The summed E-state index contributed by atoms with van der Waals surface area (Å²) < 4.78 is 94.1. The molecule has 11 nitrogen and oxygen atoms in total. The Bertz CT molecular complexity index is 3090. The Morgan fingerprint density at radius 3 is 1.51 bits per heavy atom. The largest absolute Gasteiger partial charge is 0.315 e. The van der Waals surface area contributed by atoms with E-state index in [1.165, 1.54) is 62.1 Å². The van der Waals surface area contributed by atoms with Gasteiger partial charge in [-0.15, -0.1) is 11.3 Å². The van der Waals surface area contributed by atoms with E-state index in [0.29, 0.717) is 22.6 Å². The van der Waals surface area contributed by atoms with Gasteiger partial charge in [0, 0.05) is 11.6 Å². The van der Waals surface area contributed by atoms with Crippen molar-refractivity contribution in [2.24, 2.45) is 0 Å². The zero-order valence-corrected chi connectivity index (χ0v) is 58.6. The molecule has 0 N–H and O–H groups in total. The maximum atomic E-state index is 12.8. The molecule has 0 saturated heterocycles. The van der Waals surface area contributed by atoms with Gasteiger partial charge >= 0.3 is 0 Å². The Morgan fingerprint density at radius 1 is 0.529 bits per heavy atom. The Kier molecular flexibility index (Phi) is 25.5. The fourth-order valence-electron chi connectivity index (χ4n) is 5.34. The van der Waals surface area contributed by atoms with Crippen LogP contribution in [-0.2, 0) is 45.9 Å². The van der Waals surface area contributed by atoms with Gasteiger partial charge in [-0.25, -0.2) is 43.6 Å². The van der Waals surface area contributed by atoms with Crippen molar-refractivity contribution < 1.29 is 33.7 Å². The van der Waals surface area contributed by atoms with E-state index in [-0.39, 0.29) is 19.3 Å². The fourth-order valence-corrected chi connectivity index (χ4v) is 17.1. The van der Waals surface area contributed by atoms with Gasteiger partial charge in [-0.1, -0.05) is 87.0 Å². The van der Waals surface area contributed by atoms with Crippen molar-refractivity contribution in [3.8, 4) is 0 Å². The van der Waals surface area contributed by atoms with Crippen LogP contribution in [0.15, 0.2) is 116 Å². The third kappa shape index (κ3) is 17.6. The Hall–Kier alpha value is 2.09. The summed E-state index contributed by atoms with van der Waals surface area (Å²) in [6.45, 7) is 4.78. The Balaban J connectivity index is 0.000000248. The molecule has 0 fully saturated rings. The number of unbranched alkanes of at least 4 members (excludes halogenated alkanes) is 5. The molecule has 0 radical (unpaired) electrons. The van der Waals surface area contributed by atoms with Crippen LogP contribution in [0.5, 0.6) is 0 Å². The molecule has 68 heavy (non-hydrogen) atoms. The highest BCUT2D eigenvalue weighted by Crippen LogP contribution is 2.46. The summed E-state index contributed by atoms with van der Waals surface area (Å²) >= 11 is 43.1. The number of thiazole rings is 1. The average Bonchev–Trinajstić information content (AvgIpc) is 3.84. The highest BCUT2D eigenvalue weighted by molar-refractivity contribution is 9.43. The molecule has 6 aromatic rings. The van der Waals surface area contributed by atoms with Gasteiger partial charge in [0.2, 0.25) is 54.7 Å². The first-order chi connectivity index (χ1) is 31.1. The van der Waals surface area contributed by atoms with Gasteiger partial charge in [-0.3, -0.25) is 0 Å². The molecule has 0 aliphatic carbocycles. The summed E-state index contributed by atoms with van der Waals surface area (Å²) in [7, 11) is -14.2. The number of rotatable bonds is 11. The molecule has 0 aliphatic heterocycles. The Labute approximate surface area is 506 Å². The molecule has 376 valence electrons. The van der Waals surface area contributed by atoms with Crippen LogP contribution in [-0.4, -0.2) is 54.1 Å². The highest BCUT2D eigenvalue weighted by atomic mass is 80.0. The number of aromatic nitrogens is 3. The van der Waals surface area contributed by atoms with E-state index in [1.807, 2.05) is 54.0 Å². The van der Waals surface area contributed by atoms with Crippen molar-refractivity contribution in [3.05, 3.63) is 108 Å². The number of fused-ring (bicyclic) bond motifs is 2. The number of halogens is 13. The molecule has 0 saturated carbocycles. The topological polar surface area (TPSA) is 167 Å². The first-order valence-electron chi connectivity index (χ1n) is 19.0. The van der Waals surface area contributed by atoms with Crippen molar-refractivity contribution in [3.63, 3.8) is 0 Å². The maximum absolute atomic E-state index is 12.8. The third-order valence-corrected chi connectivity index (χ3v) is 31.6. The van der Waals surface area contributed by atoms with E-state index < -0.39 is 45.2 Å². The molecular formula is C39H36Br12ClN3O8S5. The second-order valence-corrected chi connectivity index (χ2v) is 57.1. The number of benzene rings is 4. The van der Waals surface area contributed by atoms with Crippen molar-refractivity contribution in [2.45, 2.75) is 84.1 Å². The predicted octanol–water partition coefficient (Wildman–Crippen LogP) is 17.3. The van der Waals surface area contributed by atoms with Crippen LogP contribution < -0.4 is 0 Å². The van der Waals surface area contributed by atoms with Gasteiger partial charge in [0.15, 0.2) is 0 Å². The molecular weight excluding hydrogens is 1790 g/mol. The lowest BCUT2D eigenvalue weighted by atomic mass is 10.1. The molecule has 0 aliphatic rings. The lowest BCUT2D eigenvalue weighted by Crippen LogP contribution is -2.22. The second-order valence-electron chi connectivity index (χ2n) is 13.8. The zero-order valence-electron chi connectivity index (χ0n) is 34.7. The minimum Gasteiger partial charge on any atom is -0.315 e. The molecule has 0 spiro atoms. The SMILES string of the molecule is CCCCCCCCn1c(S(=O)(=O)C(Br)(Br)Br)nc2ccccc21.Cc1ccc2sc(S(=O)(=O)C(Br)(Br)Br)nc2c1.O=S(=O)(c1ccc(Cl)cc1)C(Br)(Br)Br.O=S(=O)(c1ccccc1)C(Br)(Br)Br. The summed E-state index contributed by atoms with van der Waals surface area (Å²) in [4.78, 5) is 8.94. The van der Waals surface area contributed by atoms with E-state index in [2.05, 4.69) is 208 Å². The molecule has 6 rings (SSSR count). The number of aryl methyl sites for hydroxylation is 2. The fraction of sp³-hybridized carbons (Fsp3) is 0.333. The molecule has 4 aromatic carbocycles. The first kappa shape index (κ1) is 64.4. The monoisotopic (exact) mass is 1820 g/mol. The van der Waals surface area contributed by atoms with Gasteiger partial charge in [-0.2, -0.15) is 0 Å². The molecule has 2 aromatic heterocycles. The Morgan fingerprint density at radius 2 is 1.00 bits per heavy atom. The van der Waals surface area contributed by atoms with Crippen molar-refractivity contribution >= 4 is 275 Å². The summed E-state index contributed by atoms with van der Waals surface area (Å²) in [5.41, 5.74) is 3.29. The van der Waals surface area contributed by atoms with Crippen LogP contribution in [0.1, 0.15) is 51.0 Å². The van der Waals surface area contributed by atoms with Gasteiger partial charge in [0.25, 0.3) is 0 Å². The van der Waals surface area contributed by atoms with E-state index in [0.717, 1.165) is 40.0 Å². The van der Waals surface area contributed by atoms with E-state index in [9.17, 15) is 33.7 Å². The molecule has 29 heteroatoms. The van der Waals surface area contributed by atoms with Crippen molar-refractivity contribution in [1.82, 2.24) is 14.5 Å². The second kappa shape index (κ2) is 26.9. The summed E-state index contributed by atoms with van der Waals surface area (Å²) in [5.74, 6) is 0.